The first kappa shape index (κ1) is 26.3. The second-order valence-electron chi connectivity index (χ2n) is 8.52. The van der Waals surface area contributed by atoms with Crippen LogP contribution in [0.2, 0.25) is 0 Å². The molecule has 3 aromatic rings. The molecule has 0 aliphatic heterocycles. The van der Waals surface area contributed by atoms with E-state index in [1.807, 2.05) is 24.3 Å². The van der Waals surface area contributed by atoms with Crippen molar-refractivity contribution in [3.63, 3.8) is 0 Å². The number of alkyl carbamates (subject to hydrolysis) is 1. The van der Waals surface area contributed by atoms with Gasteiger partial charge in [-0.05, 0) is 26.8 Å². The lowest BCUT2D eigenvalue weighted by Crippen LogP contribution is -2.34. The first-order chi connectivity index (χ1) is 16.7. The van der Waals surface area contributed by atoms with Gasteiger partial charge in [0, 0.05) is 35.6 Å². The number of ketones is 1. The van der Waals surface area contributed by atoms with Gasteiger partial charge in [-0.1, -0.05) is 18.2 Å². The number of hydrogen-bond donors (Lipinski definition) is 3. The average molecular weight is 503 g/mol. The third-order valence-electron chi connectivity index (χ3n) is 4.58. The molecule has 0 radical (unpaired) electrons. The SMILES string of the molecule is CC(C)(C)OC(=O)NCCOCCOCCNC(=O)c1csc(C(=O)c2c[nH]c3ccccc23)n1. The number of H-pyrrole nitrogens is 1. The maximum Gasteiger partial charge on any atom is 0.407 e. The second-order valence-corrected chi connectivity index (χ2v) is 9.38. The maximum absolute atomic E-state index is 12.8. The number of benzene rings is 1. The number of rotatable bonds is 12. The van der Waals surface area contributed by atoms with Gasteiger partial charge in [-0.2, -0.15) is 0 Å². The fourth-order valence-electron chi connectivity index (χ4n) is 3.05. The highest BCUT2D eigenvalue weighted by atomic mass is 32.1. The molecule has 2 amide bonds. The van der Waals surface area contributed by atoms with Crippen LogP contribution in [0.5, 0.6) is 0 Å². The summed E-state index contributed by atoms with van der Waals surface area (Å²) >= 11 is 1.14. The first-order valence-electron chi connectivity index (χ1n) is 11.2. The molecule has 0 spiro atoms. The Hall–Kier alpha value is -3.28. The van der Waals surface area contributed by atoms with Crippen LogP contribution in [0, 0.1) is 0 Å². The zero-order valence-electron chi connectivity index (χ0n) is 20.0. The molecular formula is C24H30N4O6S. The highest BCUT2D eigenvalue weighted by Crippen LogP contribution is 2.22. The zero-order valence-corrected chi connectivity index (χ0v) is 20.8. The Bertz CT molecular complexity index is 1150. The number of aromatic amines is 1. The maximum atomic E-state index is 12.8. The number of carbonyl (C=O) groups is 3. The lowest BCUT2D eigenvalue weighted by Gasteiger charge is -2.19. The Kier molecular flexibility index (Phi) is 9.35. The Labute approximate surface area is 207 Å². The topological polar surface area (TPSA) is 132 Å². The molecule has 1 aromatic carbocycles. The standard InChI is InChI=1S/C24H30N4O6S/c1-24(2,3)34-23(31)26-9-11-33-13-12-32-10-8-25-21(30)19-15-35-22(28-19)20(29)17-14-27-18-7-5-4-6-16(17)18/h4-7,14-15,27H,8-13H2,1-3H3,(H,25,30)(H,26,31). The van der Waals surface area contributed by atoms with E-state index in [0.29, 0.717) is 45.1 Å². The van der Waals surface area contributed by atoms with Crippen molar-refractivity contribution < 1.29 is 28.6 Å². The summed E-state index contributed by atoms with van der Waals surface area (Å²) in [5, 5.41) is 7.96. The molecule has 2 aromatic heterocycles. The van der Waals surface area contributed by atoms with Crippen molar-refractivity contribution in [2.24, 2.45) is 0 Å². The van der Waals surface area contributed by atoms with Crippen LogP contribution in [-0.2, 0) is 14.2 Å². The molecule has 0 saturated carbocycles. The molecule has 3 rings (SSSR count). The van der Waals surface area contributed by atoms with E-state index in [0.717, 1.165) is 22.2 Å². The molecule has 11 heteroatoms. The number of ether oxygens (including phenoxy) is 3. The summed E-state index contributed by atoms with van der Waals surface area (Å²) in [5.74, 6) is -0.594. The predicted octanol–water partition coefficient (Wildman–Crippen LogP) is 3.14. The summed E-state index contributed by atoms with van der Waals surface area (Å²) in [6.45, 7) is 7.36. The van der Waals surface area contributed by atoms with E-state index < -0.39 is 11.7 Å². The van der Waals surface area contributed by atoms with Crippen molar-refractivity contribution in [1.29, 1.82) is 0 Å². The normalized spacial score (nSPS) is 11.4. The van der Waals surface area contributed by atoms with Crippen LogP contribution in [-0.4, -0.2) is 72.9 Å². The molecule has 0 bridgehead atoms. The van der Waals surface area contributed by atoms with Gasteiger partial charge < -0.3 is 29.8 Å². The second kappa shape index (κ2) is 12.4. The molecule has 0 aliphatic rings. The van der Waals surface area contributed by atoms with Crippen molar-refractivity contribution in [3.05, 3.63) is 52.1 Å². The number of thiazole rings is 1. The minimum absolute atomic E-state index is 0.194. The zero-order chi connectivity index (χ0) is 25.3. The van der Waals surface area contributed by atoms with E-state index in [4.69, 9.17) is 14.2 Å². The highest BCUT2D eigenvalue weighted by Gasteiger charge is 2.19. The number of hydrogen-bond acceptors (Lipinski definition) is 8. The molecule has 0 aliphatic carbocycles. The molecule has 188 valence electrons. The van der Waals surface area contributed by atoms with E-state index in [9.17, 15) is 14.4 Å². The largest absolute Gasteiger partial charge is 0.444 e. The van der Waals surface area contributed by atoms with E-state index >= 15 is 0 Å². The van der Waals surface area contributed by atoms with Crippen LogP contribution in [0.1, 0.15) is 46.6 Å². The van der Waals surface area contributed by atoms with Gasteiger partial charge in [-0.25, -0.2) is 9.78 Å². The van der Waals surface area contributed by atoms with E-state index in [1.165, 1.54) is 0 Å². The van der Waals surface area contributed by atoms with Crippen LogP contribution >= 0.6 is 11.3 Å². The summed E-state index contributed by atoms with van der Waals surface area (Å²) in [6.07, 6.45) is 1.18. The molecule has 3 N–H and O–H groups in total. The molecule has 0 fully saturated rings. The van der Waals surface area contributed by atoms with E-state index in [1.54, 1.807) is 32.3 Å². The number of nitrogens with zero attached hydrogens (tertiary/aromatic N) is 1. The molecule has 0 saturated heterocycles. The molecule has 0 unspecified atom stereocenters. The highest BCUT2D eigenvalue weighted by molar-refractivity contribution is 7.12. The Morgan fingerprint density at radius 1 is 1.00 bits per heavy atom. The number of fused-ring (bicyclic) bond motifs is 1. The van der Waals surface area contributed by atoms with Gasteiger partial charge in [0.25, 0.3) is 5.91 Å². The molecular weight excluding hydrogens is 472 g/mol. The Morgan fingerprint density at radius 2 is 1.69 bits per heavy atom. The predicted molar refractivity (Wildman–Crippen MR) is 132 cm³/mol. The molecule has 0 atom stereocenters. The monoisotopic (exact) mass is 502 g/mol. The Morgan fingerprint density at radius 3 is 2.40 bits per heavy atom. The first-order valence-corrected chi connectivity index (χ1v) is 12.1. The molecule has 35 heavy (non-hydrogen) atoms. The van der Waals surface area contributed by atoms with Gasteiger partial charge >= 0.3 is 6.09 Å². The van der Waals surface area contributed by atoms with Gasteiger partial charge in [0.15, 0.2) is 5.01 Å². The minimum Gasteiger partial charge on any atom is -0.444 e. The molecule has 10 nitrogen and oxygen atoms in total. The van der Waals surface area contributed by atoms with Crippen LogP contribution < -0.4 is 10.6 Å². The van der Waals surface area contributed by atoms with Gasteiger partial charge in [-0.3, -0.25) is 9.59 Å². The van der Waals surface area contributed by atoms with Crippen molar-refractivity contribution in [3.8, 4) is 0 Å². The van der Waals surface area contributed by atoms with Crippen LogP contribution in [0.4, 0.5) is 4.79 Å². The smallest absolute Gasteiger partial charge is 0.407 e. The lowest BCUT2D eigenvalue weighted by atomic mass is 10.1. The van der Waals surface area contributed by atoms with Crippen LogP contribution in [0.25, 0.3) is 10.9 Å². The summed E-state index contributed by atoms with van der Waals surface area (Å²) in [6, 6.07) is 7.52. The van der Waals surface area contributed by atoms with Crippen molar-refractivity contribution in [1.82, 2.24) is 20.6 Å². The number of amides is 2. The van der Waals surface area contributed by atoms with Crippen molar-refractivity contribution in [2.45, 2.75) is 26.4 Å². The fraction of sp³-hybridized carbons (Fsp3) is 0.417. The van der Waals surface area contributed by atoms with Crippen LogP contribution in [0.15, 0.2) is 35.8 Å². The van der Waals surface area contributed by atoms with E-state index in [2.05, 4.69) is 20.6 Å². The van der Waals surface area contributed by atoms with E-state index in [-0.39, 0.29) is 22.4 Å². The molecule has 2 heterocycles. The third kappa shape index (κ3) is 8.16. The van der Waals surface area contributed by atoms with Crippen LogP contribution in [0.3, 0.4) is 0 Å². The summed E-state index contributed by atoms with van der Waals surface area (Å²) in [4.78, 5) is 43.9. The van der Waals surface area contributed by atoms with Gasteiger partial charge in [0.05, 0.1) is 32.0 Å². The number of carbonyl (C=O) groups excluding carboxylic acids is 3. The quantitative estimate of drug-likeness (QED) is 0.256. The van der Waals surface area contributed by atoms with Crippen molar-refractivity contribution in [2.75, 3.05) is 39.5 Å². The Balaban J connectivity index is 1.29. The number of para-hydroxylation sites is 1. The van der Waals surface area contributed by atoms with Crippen molar-refractivity contribution >= 4 is 40.0 Å². The van der Waals surface area contributed by atoms with Gasteiger partial charge in [0.1, 0.15) is 11.3 Å². The van der Waals surface area contributed by atoms with Gasteiger partial charge in [0.2, 0.25) is 5.78 Å². The summed E-state index contributed by atoms with van der Waals surface area (Å²) in [5.41, 5.74) is 1.05. The summed E-state index contributed by atoms with van der Waals surface area (Å²) in [7, 11) is 0. The number of aromatic nitrogens is 2. The number of nitrogens with one attached hydrogen (secondary N) is 3. The third-order valence-corrected chi connectivity index (χ3v) is 5.42. The van der Waals surface area contributed by atoms with Gasteiger partial charge in [-0.15, -0.1) is 11.3 Å². The average Bonchev–Trinajstić information content (AvgIpc) is 3.46. The minimum atomic E-state index is -0.536. The lowest BCUT2D eigenvalue weighted by molar-refractivity contribution is 0.0400. The fourth-order valence-corrected chi connectivity index (χ4v) is 3.80. The summed E-state index contributed by atoms with van der Waals surface area (Å²) < 4.78 is 15.9.